The normalized spacial score (nSPS) is 16.6. The Labute approximate surface area is 205 Å². The first-order chi connectivity index (χ1) is 17.1. The first kappa shape index (κ1) is 22.8. The number of benzene rings is 3. The van der Waals surface area contributed by atoms with Crippen LogP contribution in [0.3, 0.4) is 0 Å². The molecule has 0 N–H and O–H groups in total. The smallest absolute Gasteiger partial charge is 0.246 e. The number of hydrogen-bond donors (Lipinski definition) is 0. The van der Waals surface area contributed by atoms with Gasteiger partial charge in [-0.3, -0.25) is 9.59 Å². The van der Waals surface area contributed by atoms with Gasteiger partial charge in [0.15, 0.2) is 0 Å². The summed E-state index contributed by atoms with van der Waals surface area (Å²) in [5, 5.41) is 0. The number of aromatic nitrogens is 2. The van der Waals surface area contributed by atoms with Crippen molar-refractivity contribution >= 4 is 28.5 Å². The first-order valence-electron chi connectivity index (χ1n) is 12.2. The Morgan fingerprint density at radius 1 is 1.00 bits per heavy atom. The summed E-state index contributed by atoms with van der Waals surface area (Å²) in [6, 6.07) is 27.7. The van der Waals surface area contributed by atoms with Gasteiger partial charge in [-0.05, 0) is 43.7 Å². The van der Waals surface area contributed by atoms with Crippen LogP contribution >= 0.6 is 0 Å². The highest BCUT2D eigenvalue weighted by atomic mass is 16.2. The molecule has 35 heavy (non-hydrogen) atoms. The van der Waals surface area contributed by atoms with E-state index >= 15 is 0 Å². The van der Waals surface area contributed by atoms with E-state index < -0.39 is 0 Å². The second kappa shape index (κ2) is 9.74. The molecule has 0 radical (unpaired) electrons. The van der Waals surface area contributed by atoms with E-state index in [4.69, 9.17) is 4.98 Å². The third kappa shape index (κ3) is 4.44. The lowest BCUT2D eigenvalue weighted by atomic mass is 10.1. The maximum absolute atomic E-state index is 13.5. The van der Waals surface area contributed by atoms with Gasteiger partial charge >= 0.3 is 0 Å². The largest absolute Gasteiger partial charge is 0.335 e. The van der Waals surface area contributed by atoms with Gasteiger partial charge in [0, 0.05) is 31.1 Å². The van der Waals surface area contributed by atoms with Crippen LogP contribution in [0.25, 0.3) is 11.0 Å². The van der Waals surface area contributed by atoms with Crippen LogP contribution in [0.15, 0.2) is 84.9 Å². The zero-order valence-electron chi connectivity index (χ0n) is 20.2. The van der Waals surface area contributed by atoms with Gasteiger partial charge in [0.05, 0.1) is 17.1 Å². The molecular weight excluding hydrogens is 436 g/mol. The molecular formula is C29H30N4O2. The van der Waals surface area contributed by atoms with Gasteiger partial charge in [-0.15, -0.1) is 0 Å². The van der Waals surface area contributed by atoms with E-state index in [1.807, 2.05) is 89.2 Å². The fourth-order valence-electron chi connectivity index (χ4n) is 5.09. The van der Waals surface area contributed by atoms with Crippen molar-refractivity contribution in [2.24, 2.45) is 0 Å². The number of amides is 2. The second-order valence-corrected chi connectivity index (χ2v) is 9.05. The minimum Gasteiger partial charge on any atom is -0.335 e. The predicted octanol–water partition coefficient (Wildman–Crippen LogP) is 5.17. The lowest BCUT2D eigenvalue weighted by Crippen LogP contribution is -2.34. The monoisotopic (exact) mass is 466 g/mol. The minimum absolute atomic E-state index is 0.00179. The summed E-state index contributed by atoms with van der Waals surface area (Å²) >= 11 is 0. The summed E-state index contributed by atoms with van der Waals surface area (Å²) in [7, 11) is 0. The molecule has 5 rings (SSSR count). The molecule has 2 heterocycles. The Kier molecular flexibility index (Phi) is 6.36. The summed E-state index contributed by atoms with van der Waals surface area (Å²) in [5.74, 6) is 0.859. The average molecular weight is 467 g/mol. The minimum atomic E-state index is -0.0688. The molecule has 6 nitrogen and oxygen atoms in total. The highest BCUT2D eigenvalue weighted by Gasteiger charge is 2.37. The van der Waals surface area contributed by atoms with Crippen molar-refractivity contribution in [3.63, 3.8) is 0 Å². The molecule has 2 unspecified atom stereocenters. The van der Waals surface area contributed by atoms with Gasteiger partial charge in [0.25, 0.3) is 0 Å². The molecule has 178 valence electrons. The molecule has 1 aliphatic heterocycles. The van der Waals surface area contributed by atoms with Crippen LogP contribution < -0.4 is 4.90 Å². The molecule has 1 fully saturated rings. The number of rotatable bonds is 7. The molecule has 6 heteroatoms. The molecule has 3 aromatic carbocycles. The molecule has 1 aromatic heterocycles. The number of imidazole rings is 1. The number of likely N-dealkylation sites (tertiary alicyclic amines) is 1. The standard InChI is InChI=1S/C29H30N4O2/c1-3-31(24-14-8-5-9-15-24)28(35)20-33-26-17-11-10-16-25(26)30-29(33)23-18-27(34)32(19-23)21(2)22-12-6-4-7-13-22/h4-17,21,23H,3,18-20H2,1-2H3. The van der Waals surface area contributed by atoms with Gasteiger partial charge in [-0.2, -0.15) is 0 Å². The van der Waals surface area contributed by atoms with E-state index in [0.717, 1.165) is 28.1 Å². The zero-order chi connectivity index (χ0) is 24.4. The zero-order valence-corrected chi connectivity index (χ0v) is 20.2. The highest BCUT2D eigenvalue weighted by Crippen LogP contribution is 2.35. The van der Waals surface area contributed by atoms with E-state index in [9.17, 15) is 9.59 Å². The number of carbonyl (C=O) groups excluding carboxylic acids is 2. The number of anilines is 1. The topological polar surface area (TPSA) is 58.4 Å². The molecule has 2 atom stereocenters. The van der Waals surface area contributed by atoms with Crippen molar-refractivity contribution in [1.82, 2.24) is 14.5 Å². The molecule has 0 saturated carbocycles. The van der Waals surface area contributed by atoms with Crippen molar-refractivity contribution in [3.8, 4) is 0 Å². The van der Waals surface area contributed by atoms with Crippen molar-refractivity contribution in [1.29, 1.82) is 0 Å². The third-order valence-corrected chi connectivity index (χ3v) is 6.94. The highest BCUT2D eigenvalue weighted by molar-refractivity contribution is 5.94. The molecule has 4 aromatic rings. The van der Waals surface area contributed by atoms with E-state index in [2.05, 4.69) is 19.1 Å². The molecule has 2 amide bonds. The van der Waals surface area contributed by atoms with Crippen molar-refractivity contribution in [2.45, 2.75) is 38.8 Å². The third-order valence-electron chi connectivity index (χ3n) is 6.94. The van der Waals surface area contributed by atoms with E-state index in [1.165, 1.54) is 0 Å². The summed E-state index contributed by atoms with van der Waals surface area (Å²) in [4.78, 5) is 35.2. The van der Waals surface area contributed by atoms with Gasteiger partial charge in [-0.25, -0.2) is 4.98 Å². The van der Waals surface area contributed by atoms with E-state index in [1.54, 1.807) is 4.90 Å². The van der Waals surface area contributed by atoms with Gasteiger partial charge in [-0.1, -0.05) is 60.7 Å². The first-order valence-corrected chi connectivity index (χ1v) is 12.2. The van der Waals surface area contributed by atoms with E-state index in [-0.39, 0.29) is 30.3 Å². The predicted molar refractivity (Wildman–Crippen MR) is 138 cm³/mol. The molecule has 1 aliphatic rings. The second-order valence-electron chi connectivity index (χ2n) is 9.05. The lowest BCUT2D eigenvalue weighted by molar-refractivity contribution is -0.129. The number of nitrogens with zero attached hydrogens (tertiary/aromatic N) is 4. The maximum Gasteiger partial charge on any atom is 0.246 e. The SMILES string of the molecule is CCN(C(=O)Cn1c(C2CC(=O)N(C(C)c3ccccc3)C2)nc2ccccc21)c1ccccc1. The van der Waals surface area contributed by atoms with Crippen LogP contribution in [-0.4, -0.2) is 39.4 Å². The Morgan fingerprint density at radius 2 is 1.66 bits per heavy atom. The van der Waals surface area contributed by atoms with Crippen LogP contribution in [0.2, 0.25) is 0 Å². The van der Waals surface area contributed by atoms with Crippen LogP contribution in [-0.2, 0) is 16.1 Å². The molecule has 0 aliphatic carbocycles. The molecule has 0 spiro atoms. The van der Waals surface area contributed by atoms with Gasteiger partial charge < -0.3 is 14.4 Å². The lowest BCUT2D eigenvalue weighted by Gasteiger charge is -2.25. The van der Waals surface area contributed by atoms with Crippen molar-refractivity contribution < 1.29 is 9.59 Å². The van der Waals surface area contributed by atoms with Crippen LogP contribution in [0.4, 0.5) is 5.69 Å². The quantitative estimate of drug-likeness (QED) is 0.378. The average Bonchev–Trinajstić information content (AvgIpc) is 3.45. The van der Waals surface area contributed by atoms with Gasteiger partial charge in [0.1, 0.15) is 12.4 Å². The summed E-state index contributed by atoms with van der Waals surface area (Å²) in [6.45, 7) is 5.40. The molecule has 1 saturated heterocycles. The Morgan fingerprint density at radius 3 is 2.37 bits per heavy atom. The summed E-state index contributed by atoms with van der Waals surface area (Å²) in [6.07, 6.45) is 0.394. The number of likely N-dealkylation sites (N-methyl/N-ethyl adjacent to an activating group) is 1. The van der Waals surface area contributed by atoms with Gasteiger partial charge in [0.2, 0.25) is 11.8 Å². The number of carbonyl (C=O) groups is 2. The summed E-state index contributed by atoms with van der Waals surface area (Å²) in [5.41, 5.74) is 3.76. The number of fused-ring (bicyclic) bond motifs is 1. The van der Waals surface area contributed by atoms with Crippen LogP contribution in [0.5, 0.6) is 0 Å². The fourth-order valence-corrected chi connectivity index (χ4v) is 5.09. The Balaban J connectivity index is 1.45. The number of para-hydroxylation sites is 3. The van der Waals surface area contributed by atoms with Crippen LogP contribution in [0.1, 0.15) is 43.6 Å². The van der Waals surface area contributed by atoms with Crippen molar-refractivity contribution in [3.05, 3.63) is 96.3 Å². The number of hydrogen-bond acceptors (Lipinski definition) is 3. The Bertz CT molecular complexity index is 1330. The van der Waals surface area contributed by atoms with E-state index in [0.29, 0.717) is 19.5 Å². The maximum atomic E-state index is 13.5. The van der Waals surface area contributed by atoms with Crippen molar-refractivity contribution in [2.75, 3.05) is 18.0 Å². The van der Waals surface area contributed by atoms with Crippen LogP contribution in [0, 0.1) is 0 Å². The Hall–Kier alpha value is -3.93. The molecule has 0 bridgehead atoms. The fraction of sp³-hybridized carbons (Fsp3) is 0.276. The summed E-state index contributed by atoms with van der Waals surface area (Å²) < 4.78 is 2.01.